The van der Waals surface area contributed by atoms with Crippen molar-refractivity contribution >= 4 is 17.5 Å². The van der Waals surface area contributed by atoms with E-state index in [0.717, 1.165) is 0 Å². The molecule has 1 aromatic rings. The number of nitrogen functional groups attached to an aromatic ring is 1. The summed E-state index contributed by atoms with van der Waals surface area (Å²) in [5.74, 6) is -0.878. The average Bonchev–Trinajstić information content (AvgIpc) is 2.29. The van der Waals surface area contributed by atoms with Crippen LogP contribution in [0.3, 0.4) is 0 Å². The zero-order valence-electron chi connectivity index (χ0n) is 11.1. The summed E-state index contributed by atoms with van der Waals surface area (Å²) in [5, 5.41) is 9.41. The van der Waals surface area contributed by atoms with Crippen molar-refractivity contribution in [2.24, 2.45) is 11.7 Å². The molecular weight excluding hydrogens is 246 g/mol. The number of primary amides is 1. The Kier molecular flexibility index (Phi) is 4.74. The first-order valence-electron chi connectivity index (χ1n) is 5.97. The number of amides is 2. The lowest BCUT2D eigenvalue weighted by Gasteiger charge is -2.23. The Labute approximate surface area is 112 Å². The van der Waals surface area contributed by atoms with Crippen LogP contribution >= 0.6 is 0 Å². The van der Waals surface area contributed by atoms with Crippen LogP contribution in [-0.2, 0) is 4.79 Å². The number of benzene rings is 1. The van der Waals surface area contributed by atoms with Gasteiger partial charge in [0.25, 0.3) is 5.91 Å². The fourth-order valence-corrected chi connectivity index (χ4v) is 1.75. The summed E-state index contributed by atoms with van der Waals surface area (Å²) < 4.78 is 0. The van der Waals surface area contributed by atoms with Crippen molar-refractivity contribution in [3.8, 4) is 5.75 Å². The van der Waals surface area contributed by atoms with Crippen LogP contribution in [0.15, 0.2) is 18.2 Å². The number of nitrogens with two attached hydrogens (primary N) is 2. The van der Waals surface area contributed by atoms with E-state index in [9.17, 15) is 14.7 Å². The molecule has 19 heavy (non-hydrogen) atoms. The quantitative estimate of drug-likeness (QED) is 0.533. The standard InChI is InChI=1S/C13H19N3O3/c1-8(2)6-16(7-12(15)18)13(19)10-5-9(17)3-4-11(10)14/h3-5,8,17H,6-7,14H2,1-2H3,(H2,15,18). The zero-order valence-corrected chi connectivity index (χ0v) is 11.1. The van der Waals surface area contributed by atoms with Crippen molar-refractivity contribution in [1.29, 1.82) is 0 Å². The molecule has 1 aromatic carbocycles. The summed E-state index contributed by atoms with van der Waals surface area (Å²) >= 11 is 0. The van der Waals surface area contributed by atoms with Gasteiger partial charge in [0.1, 0.15) is 5.75 Å². The first-order chi connectivity index (χ1) is 8.81. The number of rotatable bonds is 5. The highest BCUT2D eigenvalue weighted by Crippen LogP contribution is 2.20. The van der Waals surface area contributed by atoms with Crippen molar-refractivity contribution in [3.05, 3.63) is 23.8 Å². The van der Waals surface area contributed by atoms with Gasteiger partial charge in [0.2, 0.25) is 5.91 Å². The van der Waals surface area contributed by atoms with E-state index in [1.807, 2.05) is 13.8 Å². The molecule has 0 unspecified atom stereocenters. The third-order valence-corrected chi connectivity index (χ3v) is 2.49. The molecule has 6 heteroatoms. The van der Waals surface area contributed by atoms with Gasteiger partial charge in [-0.25, -0.2) is 0 Å². The van der Waals surface area contributed by atoms with Crippen molar-refractivity contribution in [3.63, 3.8) is 0 Å². The number of carbonyl (C=O) groups is 2. The lowest BCUT2D eigenvalue weighted by Crippen LogP contribution is -2.40. The number of carbonyl (C=O) groups excluding carboxylic acids is 2. The van der Waals surface area contributed by atoms with Crippen LogP contribution in [0.1, 0.15) is 24.2 Å². The second kappa shape index (κ2) is 6.08. The van der Waals surface area contributed by atoms with E-state index < -0.39 is 11.8 Å². The number of aromatic hydroxyl groups is 1. The topological polar surface area (TPSA) is 110 Å². The van der Waals surface area contributed by atoms with Crippen molar-refractivity contribution in [2.75, 3.05) is 18.8 Å². The highest BCUT2D eigenvalue weighted by atomic mass is 16.3. The fourth-order valence-electron chi connectivity index (χ4n) is 1.75. The van der Waals surface area contributed by atoms with Crippen LogP contribution in [-0.4, -0.2) is 34.9 Å². The Balaban J connectivity index is 3.03. The summed E-state index contributed by atoms with van der Waals surface area (Å²) in [4.78, 5) is 24.7. The van der Waals surface area contributed by atoms with Gasteiger partial charge in [-0.2, -0.15) is 0 Å². The van der Waals surface area contributed by atoms with Gasteiger partial charge < -0.3 is 21.5 Å². The molecule has 104 valence electrons. The van der Waals surface area contributed by atoms with Crippen molar-refractivity contribution in [2.45, 2.75) is 13.8 Å². The van der Waals surface area contributed by atoms with Crippen LogP contribution in [0, 0.1) is 5.92 Å². The minimum absolute atomic E-state index is 0.0545. The molecule has 0 saturated heterocycles. The molecule has 5 N–H and O–H groups in total. The van der Waals surface area contributed by atoms with E-state index in [2.05, 4.69) is 0 Å². The Morgan fingerprint density at radius 2 is 2.00 bits per heavy atom. The molecule has 0 spiro atoms. The predicted molar refractivity (Wildman–Crippen MR) is 72.5 cm³/mol. The molecule has 0 saturated carbocycles. The summed E-state index contributed by atoms with van der Waals surface area (Å²) in [6, 6.07) is 4.12. The number of nitrogens with zero attached hydrogens (tertiary/aromatic N) is 1. The largest absolute Gasteiger partial charge is 0.508 e. The molecule has 1 rings (SSSR count). The van der Waals surface area contributed by atoms with Crippen LogP contribution in [0.2, 0.25) is 0 Å². The number of phenols is 1. The Morgan fingerprint density at radius 1 is 1.37 bits per heavy atom. The van der Waals surface area contributed by atoms with Crippen molar-refractivity contribution < 1.29 is 14.7 Å². The van der Waals surface area contributed by atoms with Gasteiger partial charge in [0.05, 0.1) is 12.1 Å². The first kappa shape index (κ1) is 14.8. The molecule has 0 bridgehead atoms. The highest BCUT2D eigenvalue weighted by Gasteiger charge is 2.21. The molecule has 2 amide bonds. The molecule has 0 fully saturated rings. The maximum absolute atomic E-state index is 12.3. The highest BCUT2D eigenvalue weighted by molar-refractivity contribution is 6.01. The lowest BCUT2D eigenvalue weighted by atomic mass is 10.1. The smallest absolute Gasteiger partial charge is 0.256 e. The minimum Gasteiger partial charge on any atom is -0.508 e. The van der Waals surface area contributed by atoms with Crippen LogP contribution < -0.4 is 11.5 Å². The maximum Gasteiger partial charge on any atom is 0.256 e. The van der Waals surface area contributed by atoms with Gasteiger partial charge in [-0.1, -0.05) is 13.8 Å². The van der Waals surface area contributed by atoms with E-state index in [-0.39, 0.29) is 29.5 Å². The van der Waals surface area contributed by atoms with E-state index in [1.54, 1.807) is 0 Å². The second-order valence-corrected chi connectivity index (χ2v) is 4.82. The van der Waals surface area contributed by atoms with Gasteiger partial charge in [-0.15, -0.1) is 0 Å². The average molecular weight is 265 g/mol. The van der Waals surface area contributed by atoms with Gasteiger partial charge in [0.15, 0.2) is 0 Å². The summed E-state index contributed by atoms with van der Waals surface area (Å²) in [5.41, 5.74) is 11.3. The number of phenolic OH excluding ortho intramolecular Hbond substituents is 1. The normalized spacial score (nSPS) is 10.5. The van der Waals surface area contributed by atoms with Crippen LogP contribution in [0.5, 0.6) is 5.75 Å². The minimum atomic E-state index is -0.590. The summed E-state index contributed by atoms with van der Waals surface area (Å²) in [6.45, 7) is 4.06. The predicted octanol–water partition coefficient (Wildman–Crippen LogP) is 0.558. The van der Waals surface area contributed by atoms with E-state index in [4.69, 9.17) is 11.5 Å². The molecule has 0 atom stereocenters. The van der Waals surface area contributed by atoms with Gasteiger partial charge in [-0.05, 0) is 24.1 Å². The van der Waals surface area contributed by atoms with Gasteiger partial charge in [0, 0.05) is 12.2 Å². The number of hydrogen-bond donors (Lipinski definition) is 3. The summed E-state index contributed by atoms with van der Waals surface area (Å²) in [7, 11) is 0. The monoisotopic (exact) mass is 265 g/mol. The first-order valence-corrected chi connectivity index (χ1v) is 5.97. The Bertz CT molecular complexity index is 486. The third-order valence-electron chi connectivity index (χ3n) is 2.49. The lowest BCUT2D eigenvalue weighted by molar-refractivity contribution is -0.118. The number of anilines is 1. The summed E-state index contributed by atoms with van der Waals surface area (Å²) in [6.07, 6.45) is 0. The van der Waals surface area contributed by atoms with E-state index >= 15 is 0 Å². The van der Waals surface area contributed by atoms with Gasteiger partial charge >= 0.3 is 0 Å². The van der Waals surface area contributed by atoms with Crippen LogP contribution in [0.25, 0.3) is 0 Å². The fraction of sp³-hybridized carbons (Fsp3) is 0.385. The van der Waals surface area contributed by atoms with E-state index in [1.165, 1.54) is 23.1 Å². The van der Waals surface area contributed by atoms with Gasteiger partial charge in [-0.3, -0.25) is 9.59 Å². The molecule has 0 aliphatic heterocycles. The van der Waals surface area contributed by atoms with Crippen LogP contribution in [0.4, 0.5) is 5.69 Å². The molecule has 6 nitrogen and oxygen atoms in total. The Hall–Kier alpha value is -2.24. The molecule has 0 radical (unpaired) electrons. The molecule has 0 aromatic heterocycles. The Morgan fingerprint density at radius 3 is 2.53 bits per heavy atom. The zero-order chi connectivity index (χ0) is 14.6. The molecular formula is C13H19N3O3. The SMILES string of the molecule is CC(C)CN(CC(N)=O)C(=O)c1cc(O)ccc1N. The molecule has 0 aliphatic carbocycles. The van der Waals surface area contributed by atoms with E-state index in [0.29, 0.717) is 6.54 Å². The molecule has 0 heterocycles. The maximum atomic E-state index is 12.3. The van der Waals surface area contributed by atoms with Crippen molar-refractivity contribution in [1.82, 2.24) is 4.90 Å². The second-order valence-electron chi connectivity index (χ2n) is 4.82. The third kappa shape index (κ3) is 4.17. The molecule has 0 aliphatic rings. The number of hydrogen-bond acceptors (Lipinski definition) is 4.